The van der Waals surface area contributed by atoms with Gasteiger partial charge in [0, 0.05) is 43.0 Å². The van der Waals surface area contributed by atoms with E-state index in [4.69, 9.17) is 0 Å². The number of rotatable bonds is 5. The second kappa shape index (κ2) is 7.91. The average Bonchev–Trinajstić information content (AvgIpc) is 2.64. The lowest BCUT2D eigenvalue weighted by Crippen LogP contribution is -2.14. The van der Waals surface area contributed by atoms with Crippen LogP contribution in [-0.4, -0.2) is 25.0 Å². The summed E-state index contributed by atoms with van der Waals surface area (Å²) in [6, 6.07) is 17.6. The van der Waals surface area contributed by atoms with Crippen molar-refractivity contribution in [3.05, 3.63) is 77.6 Å². The van der Waals surface area contributed by atoms with Crippen LogP contribution < -0.4 is 15.5 Å². The fourth-order valence-corrected chi connectivity index (χ4v) is 2.78. The molecule has 3 rings (SSSR count). The van der Waals surface area contributed by atoms with E-state index in [1.165, 1.54) is 0 Å². The van der Waals surface area contributed by atoms with Crippen molar-refractivity contribution in [1.29, 1.82) is 0 Å². The summed E-state index contributed by atoms with van der Waals surface area (Å²) in [5.41, 5.74) is 6.24. The molecule has 1 aromatic heterocycles. The van der Waals surface area contributed by atoms with Gasteiger partial charge >= 0.3 is 0 Å². The van der Waals surface area contributed by atoms with Crippen LogP contribution in [0.25, 0.3) is 0 Å². The molecule has 0 aliphatic carbocycles. The molecule has 138 valence electrons. The number of aryl methyl sites for hydroxylation is 2. The van der Waals surface area contributed by atoms with Crippen molar-refractivity contribution in [2.24, 2.45) is 0 Å². The van der Waals surface area contributed by atoms with Crippen LogP contribution in [0.2, 0.25) is 0 Å². The number of nitrogens with zero attached hydrogens (tertiary/aromatic N) is 2. The van der Waals surface area contributed by atoms with E-state index in [0.717, 1.165) is 33.9 Å². The lowest BCUT2D eigenvalue weighted by molar-refractivity contribution is 0.102. The Morgan fingerprint density at radius 3 is 2.33 bits per heavy atom. The molecule has 27 heavy (non-hydrogen) atoms. The standard InChI is InChI=1S/C22H24N4O/c1-15-5-10-20(16(2)13-15)25-22(27)21-14-18(11-12-23-21)24-17-6-8-19(9-7-17)26(3)4/h5-14H,1-4H3,(H,23,24)(H,25,27). The smallest absolute Gasteiger partial charge is 0.274 e. The van der Waals surface area contributed by atoms with E-state index < -0.39 is 0 Å². The third-order valence-corrected chi connectivity index (χ3v) is 4.30. The summed E-state index contributed by atoms with van der Waals surface area (Å²) in [7, 11) is 4.01. The first-order chi connectivity index (χ1) is 12.9. The largest absolute Gasteiger partial charge is 0.378 e. The zero-order chi connectivity index (χ0) is 19.4. The van der Waals surface area contributed by atoms with Crippen LogP contribution in [-0.2, 0) is 0 Å². The van der Waals surface area contributed by atoms with Gasteiger partial charge in [-0.1, -0.05) is 17.7 Å². The summed E-state index contributed by atoms with van der Waals surface area (Å²) in [4.78, 5) is 18.8. The van der Waals surface area contributed by atoms with Gasteiger partial charge in [0.1, 0.15) is 5.69 Å². The van der Waals surface area contributed by atoms with Crippen molar-refractivity contribution in [3.8, 4) is 0 Å². The summed E-state index contributed by atoms with van der Waals surface area (Å²) >= 11 is 0. The summed E-state index contributed by atoms with van der Waals surface area (Å²) in [6.07, 6.45) is 1.63. The molecule has 1 heterocycles. The molecule has 0 spiro atoms. The number of anilines is 4. The molecule has 2 aromatic carbocycles. The third-order valence-electron chi connectivity index (χ3n) is 4.30. The molecule has 1 amide bonds. The topological polar surface area (TPSA) is 57.3 Å². The SMILES string of the molecule is Cc1ccc(NC(=O)c2cc(Nc3ccc(N(C)C)cc3)ccn2)c(C)c1. The minimum Gasteiger partial charge on any atom is -0.378 e. The number of benzene rings is 2. The summed E-state index contributed by atoms with van der Waals surface area (Å²) in [6.45, 7) is 4.01. The average molecular weight is 360 g/mol. The molecule has 3 aromatic rings. The molecule has 5 nitrogen and oxygen atoms in total. The molecule has 0 atom stereocenters. The van der Waals surface area contributed by atoms with Gasteiger partial charge < -0.3 is 15.5 Å². The van der Waals surface area contributed by atoms with Gasteiger partial charge in [0.25, 0.3) is 5.91 Å². The van der Waals surface area contributed by atoms with E-state index in [1.54, 1.807) is 12.3 Å². The Morgan fingerprint density at radius 2 is 1.67 bits per heavy atom. The highest BCUT2D eigenvalue weighted by atomic mass is 16.1. The lowest BCUT2D eigenvalue weighted by atomic mass is 10.1. The van der Waals surface area contributed by atoms with Crippen LogP contribution in [0.5, 0.6) is 0 Å². The molecule has 0 saturated heterocycles. The van der Waals surface area contributed by atoms with Crippen LogP contribution in [0.3, 0.4) is 0 Å². The molecule has 0 fully saturated rings. The molecular weight excluding hydrogens is 336 g/mol. The van der Waals surface area contributed by atoms with Crippen LogP contribution in [0.4, 0.5) is 22.7 Å². The monoisotopic (exact) mass is 360 g/mol. The Hall–Kier alpha value is -3.34. The van der Waals surface area contributed by atoms with Gasteiger partial charge in [-0.2, -0.15) is 0 Å². The van der Waals surface area contributed by atoms with Crippen LogP contribution in [0.15, 0.2) is 60.8 Å². The minimum absolute atomic E-state index is 0.228. The predicted molar refractivity (Wildman–Crippen MR) is 112 cm³/mol. The number of pyridine rings is 1. The quantitative estimate of drug-likeness (QED) is 0.689. The van der Waals surface area contributed by atoms with Gasteiger partial charge in [-0.25, -0.2) is 0 Å². The molecule has 0 unspecified atom stereocenters. The summed E-state index contributed by atoms with van der Waals surface area (Å²) in [5, 5.41) is 6.24. The number of carbonyl (C=O) groups excluding carboxylic acids is 1. The summed E-state index contributed by atoms with van der Waals surface area (Å²) < 4.78 is 0. The molecule has 5 heteroatoms. The Morgan fingerprint density at radius 1 is 0.926 bits per heavy atom. The van der Waals surface area contributed by atoms with E-state index in [-0.39, 0.29) is 5.91 Å². The fourth-order valence-electron chi connectivity index (χ4n) is 2.78. The number of hydrogen-bond donors (Lipinski definition) is 2. The first kappa shape index (κ1) is 18.5. The first-order valence-electron chi connectivity index (χ1n) is 8.81. The Labute approximate surface area is 160 Å². The van der Waals surface area contributed by atoms with Gasteiger partial charge in [-0.3, -0.25) is 9.78 Å². The van der Waals surface area contributed by atoms with E-state index in [2.05, 4.69) is 15.6 Å². The van der Waals surface area contributed by atoms with Crippen LogP contribution in [0, 0.1) is 13.8 Å². The maximum atomic E-state index is 12.6. The van der Waals surface area contributed by atoms with Gasteiger partial charge in [-0.05, 0) is 61.9 Å². The van der Waals surface area contributed by atoms with Crippen molar-refractivity contribution >= 4 is 28.7 Å². The molecule has 0 aliphatic rings. The molecule has 2 N–H and O–H groups in total. The van der Waals surface area contributed by atoms with Crippen molar-refractivity contribution in [2.75, 3.05) is 29.6 Å². The Kier molecular flexibility index (Phi) is 5.41. The number of carbonyl (C=O) groups is 1. The number of hydrogen-bond acceptors (Lipinski definition) is 4. The molecule has 0 radical (unpaired) electrons. The molecular formula is C22H24N4O. The maximum absolute atomic E-state index is 12.6. The number of aromatic nitrogens is 1. The fraction of sp³-hybridized carbons (Fsp3) is 0.182. The highest BCUT2D eigenvalue weighted by Crippen LogP contribution is 2.21. The van der Waals surface area contributed by atoms with Gasteiger partial charge in [-0.15, -0.1) is 0 Å². The Bertz CT molecular complexity index is 949. The van der Waals surface area contributed by atoms with Crippen molar-refractivity contribution in [1.82, 2.24) is 4.98 Å². The molecule has 0 aliphatic heterocycles. The van der Waals surface area contributed by atoms with E-state index in [1.807, 2.05) is 81.4 Å². The highest BCUT2D eigenvalue weighted by Gasteiger charge is 2.10. The summed E-state index contributed by atoms with van der Waals surface area (Å²) in [5.74, 6) is -0.228. The predicted octanol–water partition coefficient (Wildman–Crippen LogP) is 4.76. The zero-order valence-corrected chi connectivity index (χ0v) is 16.1. The van der Waals surface area contributed by atoms with E-state index in [9.17, 15) is 4.79 Å². The van der Waals surface area contributed by atoms with Crippen molar-refractivity contribution < 1.29 is 4.79 Å². The maximum Gasteiger partial charge on any atom is 0.274 e. The van der Waals surface area contributed by atoms with Crippen LogP contribution in [0.1, 0.15) is 21.6 Å². The third kappa shape index (κ3) is 4.64. The lowest BCUT2D eigenvalue weighted by Gasteiger charge is -2.14. The minimum atomic E-state index is -0.228. The molecule has 0 bridgehead atoms. The molecule has 0 saturated carbocycles. The first-order valence-corrected chi connectivity index (χ1v) is 8.81. The second-order valence-corrected chi connectivity index (χ2v) is 6.77. The van der Waals surface area contributed by atoms with Gasteiger partial charge in [0.15, 0.2) is 0 Å². The van der Waals surface area contributed by atoms with Crippen molar-refractivity contribution in [2.45, 2.75) is 13.8 Å². The number of nitrogens with one attached hydrogen (secondary N) is 2. The van der Waals surface area contributed by atoms with Gasteiger partial charge in [0.2, 0.25) is 0 Å². The number of amides is 1. The van der Waals surface area contributed by atoms with Crippen molar-refractivity contribution in [3.63, 3.8) is 0 Å². The zero-order valence-electron chi connectivity index (χ0n) is 16.1. The van der Waals surface area contributed by atoms with Gasteiger partial charge in [0.05, 0.1) is 0 Å². The Balaban J connectivity index is 1.73. The second-order valence-electron chi connectivity index (χ2n) is 6.77. The van der Waals surface area contributed by atoms with E-state index in [0.29, 0.717) is 5.69 Å². The highest BCUT2D eigenvalue weighted by molar-refractivity contribution is 6.03. The normalized spacial score (nSPS) is 10.4. The van der Waals surface area contributed by atoms with Crippen LogP contribution >= 0.6 is 0 Å². The van der Waals surface area contributed by atoms with E-state index >= 15 is 0 Å².